The first-order valence-corrected chi connectivity index (χ1v) is 13.9. The summed E-state index contributed by atoms with van der Waals surface area (Å²) in [6, 6.07) is 19.8. The molecular formula is C34H39NO5. The van der Waals surface area contributed by atoms with Gasteiger partial charge in [-0.3, -0.25) is 14.5 Å². The first-order valence-electron chi connectivity index (χ1n) is 13.9. The number of anilines is 1. The van der Waals surface area contributed by atoms with Crippen molar-refractivity contribution in [3.8, 4) is 11.5 Å². The molecule has 1 aliphatic heterocycles. The van der Waals surface area contributed by atoms with Crippen LogP contribution in [0.15, 0.2) is 72.3 Å². The van der Waals surface area contributed by atoms with Gasteiger partial charge in [-0.05, 0) is 66.1 Å². The first kappa shape index (κ1) is 28.9. The Morgan fingerprint density at radius 3 is 2.08 bits per heavy atom. The number of Topliss-reactive ketones (excluding diaryl/α,β-unsaturated/α-hetero) is 1. The van der Waals surface area contributed by atoms with E-state index in [1.165, 1.54) is 4.90 Å². The molecule has 1 N–H and O–H groups in total. The number of carbonyl (C=O) groups is 2. The van der Waals surface area contributed by atoms with Gasteiger partial charge in [0.25, 0.3) is 11.7 Å². The topological polar surface area (TPSA) is 76.1 Å². The van der Waals surface area contributed by atoms with Gasteiger partial charge in [0.2, 0.25) is 0 Å². The van der Waals surface area contributed by atoms with E-state index < -0.39 is 17.7 Å². The van der Waals surface area contributed by atoms with Gasteiger partial charge in [0.05, 0.1) is 30.4 Å². The lowest BCUT2D eigenvalue weighted by molar-refractivity contribution is -0.132. The Bertz CT molecular complexity index is 1410. The van der Waals surface area contributed by atoms with Gasteiger partial charge >= 0.3 is 0 Å². The number of aliphatic hydroxyl groups is 1. The molecule has 0 spiro atoms. The number of carbonyl (C=O) groups excluding carboxylic acids is 2. The van der Waals surface area contributed by atoms with Gasteiger partial charge < -0.3 is 14.6 Å². The Kier molecular flexibility index (Phi) is 8.38. The SMILES string of the molecule is CCOc1ccc(/C(O)=C2/C(=O)C(=O)N(c3ccc(C(C)C)cc3)C2c2ccc(C(C)(C)C)cc2)c(OCC)c1. The Morgan fingerprint density at radius 1 is 0.900 bits per heavy atom. The van der Waals surface area contributed by atoms with Crippen LogP contribution < -0.4 is 14.4 Å². The molecule has 0 aliphatic carbocycles. The Hall–Kier alpha value is -4.06. The van der Waals surface area contributed by atoms with Crippen LogP contribution in [0.1, 0.15) is 82.7 Å². The number of nitrogens with zero attached hydrogens (tertiary/aromatic N) is 1. The van der Waals surface area contributed by atoms with Crippen LogP contribution in [0.2, 0.25) is 0 Å². The van der Waals surface area contributed by atoms with Crippen LogP contribution in [0.4, 0.5) is 5.69 Å². The summed E-state index contributed by atoms with van der Waals surface area (Å²) in [5.74, 6) is -0.431. The number of ketones is 1. The molecule has 0 aromatic heterocycles. The van der Waals surface area contributed by atoms with E-state index in [1.54, 1.807) is 18.2 Å². The minimum Gasteiger partial charge on any atom is -0.507 e. The molecule has 4 rings (SSSR count). The van der Waals surface area contributed by atoms with Crippen molar-refractivity contribution in [1.82, 2.24) is 0 Å². The van der Waals surface area contributed by atoms with Gasteiger partial charge in [-0.15, -0.1) is 0 Å². The Balaban J connectivity index is 1.93. The van der Waals surface area contributed by atoms with E-state index >= 15 is 0 Å². The highest BCUT2D eigenvalue weighted by Gasteiger charge is 2.47. The fourth-order valence-corrected chi connectivity index (χ4v) is 4.97. The van der Waals surface area contributed by atoms with E-state index in [2.05, 4.69) is 34.6 Å². The summed E-state index contributed by atoms with van der Waals surface area (Å²) in [7, 11) is 0. The number of ether oxygens (including phenoxy) is 2. The van der Waals surface area contributed by atoms with Crippen molar-refractivity contribution in [2.24, 2.45) is 0 Å². The zero-order valence-corrected chi connectivity index (χ0v) is 24.4. The molecule has 1 heterocycles. The summed E-state index contributed by atoms with van der Waals surface area (Å²) >= 11 is 0. The zero-order valence-electron chi connectivity index (χ0n) is 24.4. The lowest BCUT2D eigenvalue weighted by Crippen LogP contribution is -2.29. The number of hydrogen-bond donors (Lipinski definition) is 1. The molecule has 0 bridgehead atoms. The normalized spacial score (nSPS) is 17.0. The van der Waals surface area contributed by atoms with Crippen LogP contribution in [0, 0.1) is 0 Å². The van der Waals surface area contributed by atoms with E-state index in [-0.39, 0.29) is 16.7 Å². The van der Waals surface area contributed by atoms with Gasteiger partial charge in [0, 0.05) is 11.8 Å². The molecule has 210 valence electrons. The van der Waals surface area contributed by atoms with Gasteiger partial charge in [-0.25, -0.2) is 0 Å². The molecule has 0 radical (unpaired) electrons. The molecule has 0 saturated carbocycles. The van der Waals surface area contributed by atoms with Crippen molar-refractivity contribution in [1.29, 1.82) is 0 Å². The second-order valence-corrected chi connectivity index (χ2v) is 11.3. The van der Waals surface area contributed by atoms with E-state index in [9.17, 15) is 14.7 Å². The van der Waals surface area contributed by atoms with Gasteiger partial charge in [-0.1, -0.05) is 71.0 Å². The summed E-state index contributed by atoms with van der Waals surface area (Å²) in [4.78, 5) is 28.7. The fourth-order valence-electron chi connectivity index (χ4n) is 4.97. The third-order valence-electron chi connectivity index (χ3n) is 7.19. The largest absolute Gasteiger partial charge is 0.507 e. The second kappa shape index (κ2) is 11.6. The maximum Gasteiger partial charge on any atom is 0.300 e. The highest BCUT2D eigenvalue weighted by atomic mass is 16.5. The fraction of sp³-hybridized carbons (Fsp3) is 0.353. The number of aliphatic hydroxyl groups excluding tert-OH is 1. The van der Waals surface area contributed by atoms with Gasteiger partial charge in [0.1, 0.15) is 17.3 Å². The van der Waals surface area contributed by atoms with Crippen LogP contribution >= 0.6 is 0 Å². The van der Waals surface area contributed by atoms with E-state index in [4.69, 9.17) is 9.47 Å². The highest BCUT2D eigenvalue weighted by Crippen LogP contribution is 2.44. The maximum atomic E-state index is 13.7. The van der Waals surface area contributed by atoms with Crippen molar-refractivity contribution >= 4 is 23.1 Å². The molecule has 1 saturated heterocycles. The van der Waals surface area contributed by atoms with Crippen molar-refractivity contribution in [3.05, 3.63) is 94.6 Å². The summed E-state index contributed by atoms with van der Waals surface area (Å²) < 4.78 is 11.4. The third-order valence-corrected chi connectivity index (χ3v) is 7.19. The maximum absolute atomic E-state index is 13.7. The van der Waals surface area contributed by atoms with E-state index in [0.29, 0.717) is 41.9 Å². The van der Waals surface area contributed by atoms with Crippen LogP contribution in [-0.4, -0.2) is 30.0 Å². The average Bonchev–Trinajstić information content (AvgIpc) is 3.18. The quantitative estimate of drug-likeness (QED) is 0.181. The molecule has 1 aliphatic rings. The van der Waals surface area contributed by atoms with E-state index in [0.717, 1.165) is 16.7 Å². The average molecular weight is 542 g/mol. The molecule has 3 aromatic rings. The lowest BCUT2D eigenvalue weighted by Gasteiger charge is -2.27. The predicted molar refractivity (Wildman–Crippen MR) is 159 cm³/mol. The molecule has 1 amide bonds. The van der Waals surface area contributed by atoms with Crippen molar-refractivity contribution in [2.75, 3.05) is 18.1 Å². The number of hydrogen-bond acceptors (Lipinski definition) is 5. The number of rotatable bonds is 8. The van der Waals surface area contributed by atoms with E-state index in [1.807, 2.05) is 62.4 Å². The van der Waals surface area contributed by atoms with Crippen LogP contribution in [0.25, 0.3) is 5.76 Å². The predicted octanol–water partition coefficient (Wildman–Crippen LogP) is 7.53. The molecule has 40 heavy (non-hydrogen) atoms. The second-order valence-electron chi connectivity index (χ2n) is 11.3. The minimum absolute atomic E-state index is 0.0200. The number of benzene rings is 3. The summed E-state index contributed by atoms with van der Waals surface area (Å²) in [6.45, 7) is 15.1. The molecule has 1 fully saturated rings. The molecule has 1 atom stereocenters. The minimum atomic E-state index is -0.819. The summed E-state index contributed by atoms with van der Waals surface area (Å²) in [5.41, 5.74) is 3.85. The summed E-state index contributed by atoms with van der Waals surface area (Å²) in [5, 5.41) is 11.7. The number of amides is 1. The van der Waals surface area contributed by atoms with Crippen molar-refractivity contribution in [2.45, 2.75) is 65.8 Å². The first-order chi connectivity index (χ1) is 19.0. The zero-order chi connectivity index (χ0) is 29.2. The smallest absolute Gasteiger partial charge is 0.300 e. The Morgan fingerprint density at radius 2 is 1.52 bits per heavy atom. The molecule has 3 aromatic carbocycles. The Labute approximate surface area is 237 Å². The standard InChI is InChI=1S/C34H39NO5/c1-8-39-26-18-19-27(28(20-26)40-9-2)31(36)29-30(23-10-14-24(15-11-23)34(5,6)7)35(33(38)32(29)37)25-16-12-22(13-17-25)21(3)4/h10-21,30,36H,8-9H2,1-7H3/b31-29-. The van der Waals surface area contributed by atoms with Crippen LogP contribution in [0.3, 0.4) is 0 Å². The molecular weight excluding hydrogens is 502 g/mol. The molecule has 1 unspecified atom stereocenters. The summed E-state index contributed by atoms with van der Waals surface area (Å²) in [6.07, 6.45) is 0. The monoisotopic (exact) mass is 541 g/mol. The van der Waals surface area contributed by atoms with Gasteiger partial charge in [-0.2, -0.15) is 0 Å². The molecule has 6 heteroatoms. The van der Waals surface area contributed by atoms with Gasteiger partial charge in [0.15, 0.2) is 0 Å². The van der Waals surface area contributed by atoms with Crippen LogP contribution in [-0.2, 0) is 15.0 Å². The lowest BCUT2D eigenvalue weighted by atomic mass is 9.85. The third kappa shape index (κ3) is 5.62. The van der Waals surface area contributed by atoms with Crippen molar-refractivity contribution in [3.63, 3.8) is 0 Å². The molecule has 6 nitrogen and oxygen atoms in total. The van der Waals surface area contributed by atoms with Crippen molar-refractivity contribution < 1.29 is 24.2 Å². The van der Waals surface area contributed by atoms with Crippen LogP contribution in [0.5, 0.6) is 11.5 Å². The highest BCUT2D eigenvalue weighted by molar-refractivity contribution is 6.51.